The second-order valence-corrected chi connectivity index (χ2v) is 5.41. The van der Waals surface area contributed by atoms with Crippen molar-refractivity contribution in [2.45, 2.75) is 19.4 Å². The van der Waals surface area contributed by atoms with E-state index in [0.29, 0.717) is 6.61 Å². The number of benzene rings is 1. The third-order valence-corrected chi connectivity index (χ3v) is 4.03. The molecule has 0 spiro atoms. The molecule has 98 valence electrons. The number of hydrogen-bond donors (Lipinski definition) is 1. The molecule has 1 heterocycles. The molecule has 0 fully saturated rings. The maximum atomic E-state index is 13.2. The van der Waals surface area contributed by atoms with E-state index in [4.69, 9.17) is 4.74 Å². The number of rotatable bonds is 6. The Balaban J connectivity index is 2.26. The molecular weight excluding hydrogens is 249 g/mol. The van der Waals surface area contributed by atoms with Crippen LogP contribution in [0.5, 0.6) is 0 Å². The van der Waals surface area contributed by atoms with E-state index in [2.05, 4.69) is 18.3 Å². The molecule has 1 atom stereocenters. The fraction of sp³-hybridized carbons (Fsp3) is 0.429. The highest BCUT2D eigenvalue weighted by Gasteiger charge is 2.13. The van der Waals surface area contributed by atoms with Crippen molar-refractivity contribution in [3.05, 3.63) is 35.0 Å². The summed E-state index contributed by atoms with van der Waals surface area (Å²) in [5, 5.41) is 4.55. The minimum absolute atomic E-state index is 0.180. The summed E-state index contributed by atoms with van der Waals surface area (Å²) in [7, 11) is 1.70. The zero-order chi connectivity index (χ0) is 13.0. The van der Waals surface area contributed by atoms with Crippen LogP contribution in [0.4, 0.5) is 4.39 Å². The first kappa shape index (κ1) is 13.5. The number of methoxy groups -OCH3 is 1. The van der Waals surface area contributed by atoms with Crippen LogP contribution < -0.4 is 5.32 Å². The monoisotopic (exact) mass is 267 g/mol. The maximum Gasteiger partial charge on any atom is 0.124 e. The first-order valence-electron chi connectivity index (χ1n) is 6.16. The van der Waals surface area contributed by atoms with Crippen LogP contribution in [0.25, 0.3) is 10.1 Å². The Morgan fingerprint density at radius 1 is 1.39 bits per heavy atom. The van der Waals surface area contributed by atoms with Gasteiger partial charge in [0.15, 0.2) is 0 Å². The largest absolute Gasteiger partial charge is 0.383 e. The van der Waals surface area contributed by atoms with E-state index in [0.717, 1.165) is 23.1 Å². The predicted octanol–water partition coefficient (Wildman–Crippen LogP) is 3.73. The second-order valence-electron chi connectivity index (χ2n) is 4.29. The quantitative estimate of drug-likeness (QED) is 0.861. The van der Waals surface area contributed by atoms with E-state index < -0.39 is 0 Å². The average Bonchev–Trinajstić information content (AvgIpc) is 2.77. The molecule has 4 heteroatoms. The highest BCUT2D eigenvalue weighted by atomic mass is 32.1. The second kappa shape index (κ2) is 6.27. The Bertz CT molecular complexity index is 511. The summed E-state index contributed by atoms with van der Waals surface area (Å²) in [6.07, 6.45) is 1.08. The van der Waals surface area contributed by atoms with Crippen molar-refractivity contribution in [1.29, 1.82) is 0 Å². The van der Waals surface area contributed by atoms with E-state index in [1.54, 1.807) is 24.5 Å². The van der Waals surface area contributed by atoms with Gasteiger partial charge in [0.2, 0.25) is 0 Å². The van der Waals surface area contributed by atoms with Crippen LogP contribution >= 0.6 is 11.3 Å². The minimum atomic E-state index is -0.180. The average molecular weight is 267 g/mol. The minimum Gasteiger partial charge on any atom is -0.383 e. The number of hydrogen-bond acceptors (Lipinski definition) is 3. The van der Waals surface area contributed by atoms with Gasteiger partial charge in [-0.15, -0.1) is 11.3 Å². The van der Waals surface area contributed by atoms with Gasteiger partial charge < -0.3 is 10.1 Å². The summed E-state index contributed by atoms with van der Waals surface area (Å²) in [5.41, 5.74) is 0. The summed E-state index contributed by atoms with van der Waals surface area (Å²) < 4.78 is 19.4. The SMILES string of the molecule is CCCNC(COC)c1cc2ccc(F)cc2s1. The fourth-order valence-corrected chi connectivity index (χ4v) is 3.07. The van der Waals surface area contributed by atoms with Crippen molar-refractivity contribution in [3.63, 3.8) is 0 Å². The van der Waals surface area contributed by atoms with Gasteiger partial charge in [-0.1, -0.05) is 13.0 Å². The molecule has 0 radical (unpaired) electrons. The molecule has 1 unspecified atom stereocenters. The summed E-state index contributed by atoms with van der Waals surface area (Å²) in [6.45, 7) is 3.73. The van der Waals surface area contributed by atoms with Gasteiger partial charge in [0.05, 0.1) is 12.6 Å². The van der Waals surface area contributed by atoms with Crippen LogP contribution in [-0.4, -0.2) is 20.3 Å². The lowest BCUT2D eigenvalue weighted by atomic mass is 10.2. The van der Waals surface area contributed by atoms with Crippen LogP contribution in [0.2, 0.25) is 0 Å². The van der Waals surface area contributed by atoms with Crippen molar-refractivity contribution in [3.8, 4) is 0 Å². The molecule has 1 aromatic heterocycles. The van der Waals surface area contributed by atoms with Crippen LogP contribution in [0.3, 0.4) is 0 Å². The van der Waals surface area contributed by atoms with Gasteiger partial charge in [-0.05, 0) is 36.6 Å². The van der Waals surface area contributed by atoms with Crippen molar-refractivity contribution < 1.29 is 9.13 Å². The van der Waals surface area contributed by atoms with Gasteiger partial charge in [-0.3, -0.25) is 0 Å². The molecule has 0 saturated carbocycles. The zero-order valence-corrected chi connectivity index (χ0v) is 11.5. The molecular formula is C14H18FNOS. The highest BCUT2D eigenvalue weighted by Crippen LogP contribution is 2.30. The zero-order valence-electron chi connectivity index (χ0n) is 10.7. The van der Waals surface area contributed by atoms with Crippen molar-refractivity contribution in [2.24, 2.45) is 0 Å². The first-order valence-corrected chi connectivity index (χ1v) is 6.97. The Kier molecular flexibility index (Phi) is 4.69. The van der Waals surface area contributed by atoms with Gasteiger partial charge in [-0.2, -0.15) is 0 Å². The van der Waals surface area contributed by atoms with Crippen molar-refractivity contribution >= 4 is 21.4 Å². The smallest absolute Gasteiger partial charge is 0.124 e. The van der Waals surface area contributed by atoms with E-state index in [-0.39, 0.29) is 11.9 Å². The molecule has 18 heavy (non-hydrogen) atoms. The van der Waals surface area contributed by atoms with Gasteiger partial charge in [0.1, 0.15) is 5.82 Å². The molecule has 1 N–H and O–H groups in total. The van der Waals surface area contributed by atoms with Gasteiger partial charge in [-0.25, -0.2) is 4.39 Å². The van der Waals surface area contributed by atoms with Gasteiger partial charge >= 0.3 is 0 Å². The van der Waals surface area contributed by atoms with E-state index in [9.17, 15) is 4.39 Å². The molecule has 1 aromatic carbocycles. The highest BCUT2D eigenvalue weighted by molar-refractivity contribution is 7.19. The number of fused-ring (bicyclic) bond motifs is 1. The third-order valence-electron chi connectivity index (χ3n) is 2.82. The number of thiophene rings is 1. The lowest BCUT2D eigenvalue weighted by Crippen LogP contribution is -2.25. The Morgan fingerprint density at radius 3 is 2.94 bits per heavy atom. The lowest BCUT2D eigenvalue weighted by molar-refractivity contribution is 0.168. The van der Waals surface area contributed by atoms with Crippen LogP contribution in [-0.2, 0) is 4.74 Å². The van der Waals surface area contributed by atoms with Gasteiger partial charge in [0.25, 0.3) is 0 Å². The van der Waals surface area contributed by atoms with Gasteiger partial charge in [0, 0.05) is 16.7 Å². The normalized spacial score (nSPS) is 13.1. The predicted molar refractivity (Wildman–Crippen MR) is 74.7 cm³/mol. The Hall–Kier alpha value is -0.970. The standard InChI is InChI=1S/C14H18FNOS/c1-3-6-16-12(9-17-2)14-7-10-4-5-11(15)8-13(10)18-14/h4-5,7-8,12,16H,3,6,9H2,1-2H3. The van der Waals surface area contributed by atoms with Crippen LogP contribution in [0.1, 0.15) is 24.3 Å². The van der Waals surface area contributed by atoms with E-state index in [1.165, 1.54) is 10.9 Å². The molecule has 0 aliphatic heterocycles. The first-order chi connectivity index (χ1) is 8.74. The number of ether oxygens (including phenoxy) is 1. The van der Waals surface area contributed by atoms with Crippen molar-refractivity contribution in [1.82, 2.24) is 5.32 Å². The Labute approximate surface area is 111 Å². The molecule has 2 rings (SSSR count). The maximum absolute atomic E-state index is 13.2. The topological polar surface area (TPSA) is 21.3 Å². The summed E-state index contributed by atoms with van der Waals surface area (Å²) in [4.78, 5) is 1.20. The molecule has 2 aromatic rings. The summed E-state index contributed by atoms with van der Waals surface area (Å²) >= 11 is 1.63. The molecule has 0 aliphatic rings. The number of halogens is 1. The molecule has 0 bridgehead atoms. The van der Waals surface area contributed by atoms with Crippen LogP contribution in [0, 0.1) is 5.82 Å². The Morgan fingerprint density at radius 2 is 2.22 bits per heavy atom. The van der Waals surface area contributed by atoms with Crippen molar-refractivity contribution in [2.75, 3.05) is 20.3 Å². The third kappa shape index (κ3) is 3.07. The molecule has 0 aliphatic carbocycles. The lowest BCUT2D eigenvalue weighted by Gasteiger charge is -2.15. The summed E-state index contributed by atoms with van der Waals surface area (Å²) in [6, 6.07) is 7.23. The molecule has 0 saturated heterocycles. The fourth-order valence-electron chi connectivity index (χ4n) is 1.92. The summed E-state index contributed by atoms with van der Waals surface area (Å²) in [5.74, 6) is -0.180. The number of nitrogens with one attached hydrogen (secondary N) is 1. The van der Waals surface area contributed by atoms with E-state index in [1.807, 2.05) is 6.07 Å². The molecule has 0 amide bonds. The van der Waals surface area contributed by atoms with E-state index >= 15 is 0 Å². The molecule has 2 nitrogen and oxygen atoms in total. The van der Waals surface area contributed by atoms with Crippen LogP contribution in [0.15, 0.2) is 24.3 Å².